The third-order valence-corrected chi connectivity index (χ3v) is 3.52. The first-order chi connectivity index (χ1) is 10.9. The number of nitrogens with one attached hydrogen (secondary N) is 1. The van der Waals surface area contributed by atoms with E-state index in [9.17, 15) is 4.79 Å². The second kappa shape index (κ2) is 5.84. The van der Waals surface area contributed by atoms with Crippen LogP contribution in [0.4, 0.5) is 0 Å². The van der Waals surface area contributed by atoms with Crippen molar-refractivity contribution in [1.82, 2.24) is 10.3 Å². The van der Waals surface area contributed by atoms with E-state index in [0.29, 0.717) is 5.56 Å². The first kappa shape index (κ1) is 15.2. The third kappa shape index (κ3) is 3.39. The number of amides is 1. The zero-order chi connectivity index (χ0) is 16.4. The molecule has 0 saturated carbocycles. The van der Waals surface area contributed by atoms with Gasteiger partial charge in [-0.2, -0.15) is 0 Å². The number of benzene rings is 2. The number of hydrogen-bond acceptors (Lipinski definition) is 2. The van der Waals surface area contributed by atoms with Gasteiger partial charge in [-0.1, -0.05) is 48.5 Å². The highest BCUT2D eigenvalue weighted by molar-refractivity contribution is 6.07. The van der Waals surface area contributed by atoms with Crippen LogP contribution in [-0.2, 0) is 0 Å². The van der Waals surface area contributed by atoms with Crippen molar-refractivity contribution in [2.24, 2.45) is 0 Å². The molecule has 23 heavy (non-hydrogen) atoms. The van der Waals surface area contributed by atoms with E-state index < -0.39 is 0 Å². The molecule has 0 aliphatic carbocycles. The lowest BCUT2D eigenvalue weighted by atomic mass is 10.0. The van der Waals surface area contributed by atoms with Crippen molar-refractivity contribution in [1.29, 1.82) is 0 Å². The first-order valence-electron chi connectivity index (χ1n) is 7.72. The quantitative estimate of drug-likeness (QED) is 0.761. The highest BCUT2D eigenvalue weighted by Crippen LogP contribution is 2.25. The van der Waals surface area contributed by atoms with Gasteiger partial charge in [0.05, 0.1) is 16.8 Å². The molecule has 0 atom stereocenters. The fourth-order valence-corrected chi connectivity index (χ4v) is 2.53. The van der Waals surface area contributed by atoms with E-state index in [-0.39, 0.29) is 11.4 Å². The average Bonchev–Trinajstić information content (AvgIpc) is 2.53. The van der Waals surface area contributed by atoms with Gasteiger partial charge >= 0.3 is 0 Å². The Morgan fingerprint density at radius 2 is 1.61 bits per heavy atom. The summed E-state index contributed by atoms with van der Waals surface area (Å²) >= 11 is 0. The standard InChI is InChI=1S/C20H20N2O/c1-20(2,3)22-19(23)16-13-18(14-9-5-4-6-10-14)21-17-12-8-7-11-15(16)17/h4-13H,1-3H3,(H,22,23). The number of fused-ring (bicyclic) bond motifs is 1. The maximum Gasteiger partial charge on any atom is 0.252 e. The number of nitrogens with zero attached hydrogens (tertiary/aromatic N) is 1. The second-order valence-electron chi connectivity index (χ2n) is 6.64. The van der Waals surface area contributed by atoms with Crippen LogP contribution in [0.25, 0.3) is 22.2 Å². The van der Waals surface area contributed by atoms with Crippen molar-refractivity contribution in [2.45, 2.75) is 26.3 Å². The molecule has 3 aromatic rings. The summed E-state index contributed by atoms with van der Waals surface area (Å²) in [6.07, 6.45) is 0. The highest BCUT2D eigenvalue weighted by atomic mass is 16.1. The maximum absolute atomic E-state index is 12.7. The molecule has 1 amide bonds. The zero-order valence-electron chi connectivity index (χ0n) is 13.6. The molecule has 3 nitrogen and oxygen atoms in total. The third-order valence-electron chi connectivity index (χ3n) is 3.52. The van der Waals surface area contributed by atoms with Crippen LogP contribution in [0.2, 0.25) is 0 Å². The Bertz CT molecular complexity index is 848. The summed E-state index contributed by atoms with van der Waals surface area (Å²) in [4.78, 5) is 17.4. The van der Waals surface area contributed by atoms with Crippen LogP contribution in [0.15, 0.2) is 60.7 Å². The molecule has 0 aliphatic heterocycles. The van der Waals surface area contributed by atoms with Gasteiger partial charge in [-0.25, -0.2) is 4.98 Å². The van der Waals surface area contributed by atoms with E-state index in [1.54, 1.807) is 0 Å². The van der Waals surface area contributed by atoms with Crippen LogP contribution < -0.4 is 5.32 Å². The Kier molecular flexibility index (Phi) is 3.87. The number of rotatable bonds is 2. The summed E-state index contributed by atoms with van der Waals surface area (Å²) in [5.74, 6) is -0.0757. The van der Waals surface area contributed by atoms with Gasteiger partial charge in [0.2, 0.25) is 0 Å². The normalized spacial score (nSPS) is 11.4. The van der Waals surface area contributed by atoms with Crippen molar-refractivity contribution in [3.05, 3.63) is 66.2 Å². The molecule has 1 heterocycles. The van der Waals surface area contributed by atoms with Crippen LogP contribution >= 0.6 is 0 Å². The van der Waals surface area contributed by atoms with Crippen LogP contribution in [0.1, 0.15) is 31.1 Å². The topological polar surface area (TPSA) is 42.0 Å². The fraction of sp³-hybridized carbons (Fsp3) is 0.200. The molecule has 3 heteroatoms. The SMILES string of the molecule is CC(C)(C)NC(=O)c1cc(-c2ccccc2)nc2ccccc12. The number of carbonyl (C=O) groups excluding carboxylic acids is 1. The van der Waals surface area contributed by atoms with E-state index in [2.05, 4.69) is 5.32 Å². The second-order valence-corrected chi connectivity index (χ2v) is 6.64. The van der Waals surface area contributed by atoms with Gasteiger partial charge in [0.1, 0.15) is 0 Å². The molecule has 0 saturated heterocycles. The van der Waals surface area contributed by atoms with Gasteiger partial charge in [-0.15, -0.1) is 0 Å². The lowest BCUT2D eigenvalue weighted by Crippen LogP contribution is -2.40. The van der Waals surface area contributed by atoms with E-state index in [4.69, 9.17) is 4.98 Å². The maximum atomic E-state index is 12.7. The Labute approximate surface area is 136 Å². The molecule has 3 rings (SSSR count). The van der Waals surface area contributed by atoms with Gasteiger partial charge in [-0.3, -0.25) is 4.79 Å². The molecule has 116 valence electrons. The summed E-state index contributed by atoms with van der Waals surface area (Å²) in [5.41, 5.74) is 3.01. The minimum atomic E-state index is -0.283. The molecule has 0 bridgehead atoms. The van der Waals surface area contributed by atoms with Gasteiger partial charge in [0.15, 0.2) is 0 Å². The lowest BCUT2D eigenvalue weighted by molar-refractivity contribution is 0.0921. The number of hydrogen-bond donors (Lipinski definition) is 1. The van der Waals surface area contributed by atoms with Gasteiger partial charge < -0.3 is 5.32 Å². The Hall–Kier alpha value is -2.68. The summed E-state index contributed by atoms with van der Waals surface area (Å²) in [7, 11) is 0. The predicted molar refractivity (Wildman–Crippen MR) is 94.4 cm³/mol. The van der Waals surface area contributed by atoms with Crippen molar-refractivity contribution >= 4 is 16.8 Å². The molecular weight excluding hydrogens is 284 g/mol. The predicted octanol–water partition coefficient (Wildman–Crippen LogP) is 4.43. The number of para-hydroxylation sites is 1. The van der Waals surface area contributed by atoms with Crippen LogP contribution in [0, 0.1) is 0 Å². The van der Waals surface area contributed by atoms with Crippen LogP contribution in [-0.4, -0.2) is 16.4 Å². The van der Waals surface area contributed by atoms with Crippen molar-refractivity contribution in [3.63, 3.8) is 0 Å². The number of aromatic nitrogens is 1. The van der Waals surface area contributed by atoms with Crippen LogP contribution in [0.3, 0.4) is 0 Å². The number of pyridine rings is 1. The van der Waals surface area contributed by atoms with Gasteiger partial charge in [-0.05, 0) is 32.9 Å². The van der Waals surface area contributed by atoms with Gasteiger partial charge in [0.25, 0.3) is 5.91 Å². The summed E-state index contributed by atoms with van der Waals surface area (Å²) < 4.78 is 0. The molecule has 0 radical (unpaired) electrons. The van der Waals surface area contributed by atoms with Crippen molar-refractivity contribution in [3.8, 4) is 11.3 Å². The molecule has 1 aromatic heterocycles. The summed E-state index contributed by atoms with van der Waals surface area (Å²) in [6, 6.07) is 19.5. The zero-order valence-corrected chi connectivity index (χ0v) is 13.6. The monoisotopic (exact) mass is 304 g/mol. The van der Waals surface area contributed by atoms with E-state index in [1.807, 2.05) is 81.4 Å². The minimum Gasteiger partial charge on any atom is -0.347 e. The Morgan fingerprint density at radius 3 is 2.30 bits per heavy atom. The van der Waals surface area contributed by atoms with E-state index >= 15 is 0 Å². The fourth-order valence-electron chi connectivity index (χ4n) is 2.53. The first-order valence-corrected chi connectivity index (χ1v) is 7.72. The molecule has 0 unspecified atom stereocenters. The minimum absolute atomic E-state index is 0.0757. The Balaban J connectivity index is 2.17. The highest BCUT2D eigenvalue weighted by Gasteiger charge is 2.18. The van der Waals surface area contributed by atoms with Crippen molar-refractivity contribution < 1.29 is 4.79 Å². The summed E-state index contributed by atoms with van der Waals surface area (Å²) in [6.45, 7) is 5.94. The molecule has 0 spiro atoms. The van der Waals surface area contributed by atoms with E-state index in [1.165, 1.54) is 0 Å². The number of carbonyl (C=O) groups is 1. The largest absolute Gasteiger partial charge is 0.347 e. The molecule has 0 aliphatic rings. The molecule has 0 fully saturated rings. The molecule has 2 aromatic carbocycles. The van der Waals surface area contributed by atoms with Gasteiger partial charge in [0, 0.05) is 16.5 Å². The molecule has 1 N–H and O–H groups in total. The van der Waals surface area contributed by atoms with Crippen molar-refractivity contribution in [2.75, 3.05) is 0 Å². The smallest absolute Gasteiger partial charge is 0.252 e. The average molecular weight is 304 g/mol. The van der Waals surface area contributed by atoms with Crippen LogP contribution in [0.5, 0.6) is 0 Å². The summed E-state index contributed by atoms with van der Waals surface area (Å²) in [5, 5.41) is 3.91. The lowest BCUT2D eigenvalue weighted by Gasteiger charge is -2.21. The molecular formula is C20H20N2O. The van der Waals surface area contributed by atoms with E-state index in [0.717, 1.165) is 22.2 Å². The Morgan fingerprint density at radius 1 is 0.957 bits per heavy atom.